The molecule has 20 heavy (non-hydrogen) atoms. The Morgan fingerprint density at radius 1 is 1.10 bits per heavy atom. The summed E-state index contributed by atoms with van der Waals surface area (Å²) in [5.41, 5.74) is 10.3. The van der Waals surface area contributed by atoms with Crippen LogP contribution in [0, 0.1) is 5.82 Å². The van der Waals surface area contributed by atoms with Crippen molar-refractivity contribution in [3.05, 3.63) is 68.9 Å². The summed E-state index contributed by atoms with van der Waals surface area (Å²) >= 11 is 3.22. The van der Waals surface area contributed by atoms with E-state index in [0.29, 0.717) is 10.0 Å². The number of aryl methyl sites for hydroxylation is 2. The van der Waals surface area contributed by atoms with Gasteiger partial charge in [0.25, 0.3) is 0 Å². The van der Waals surface area contributed by atoms with Gasteiger partial charge < -0.3 is 5.73 Å². The predicted octanol–water partition coefficient (Wildman–Crippen LogP) is 4.76. The second kappa shape index (κ2) is 6.51. The number of halogens is 2. The predicted molar refractivity (Wildman–Crippen MR) is 85.3 cm³/mol. The van der Waals surface area contributed by atoms with Crippen LogP contribution in [-0.4, -0.2) is 0 Å². The maximum absolute atomic E-state index is 14.2. The maximum atomic E-state index is 14.2. The van der Waals surface area contributed by atoms with E-state index in [9.17, 15) is 4.39 Å². The fourth-order valence-electron chi connectivity index (χ4n) is 2.40. The molecule has 2 aromatic rings. The van der Waals surface area contributed by atoms with Crippen molar-refractivity contribution in [3.8, 4) is 0 Å². The highest BCUT2D eigenvalue weighted by Gasteiger charge is 2.18. The zero-order valence-electron chi connectivity index (χ0n) is 11.8. The summed E-state index contributed by atoms with van der Waals surface area (Å²) in [5.74, 6) is -0.274. The highest BCUT2D eigenvalue weighted by Crippen LogP contribution is 2.29. The fourth-order valence-corrected chi connectivity index (χ4v) is 2.79. The minimum atomic E-state index is -0.436. The van der Waals surface area contributed by atoms with Crippen LogP contribution in [0.1, 0.15) is 42.1 Å². The summed E-state index contributed by atoms with van der Waals surface area (Å²) in [6.45, 7) is 4.20. The molecule has 0 aromatic heterocycles. The average Bonchev–Trinajstić information content (AvgIpc) is 2.48. The Bertz CT molecular complexity index is 610. The van der Waals surface area contributed by atoms with Crippen LogP contribution in [0.25, 0.3) is 0 Å². The van der Waals surface area contributed by atoms with E-state index in [-0.39, 0.29) is 5.82 Å². The Kier molecular flexibility index (Phi) is 4.95. The molecule has 0 aliphatic rings. The lowest BCUT2D eigenvalue weighted by Crippen LogP contribution is -2.16. The maximum Gasteiger partial charge on any atom is 0.142 e. The summed E-state index contributed by atoms with van der Waals surface area (Å²) < 4.78 is 14.7. The Hall–Kier alpha value is -1.19. The molecule has 0 bridgehead atoms. The van der Waals surface area contributed by atoms with Gasteiger partial charge in [-0.1, -0.05) is 44.2 Å². The normalized spacial score (nSPS) is 12.4. The summed E-state index contributed by atoms with van der Waals surface area (Å²) in [5, 5.41) is 0. The molecule has 0 radical (unpaired) electrons. The first kappa shape index (κ1) is 15.2. The molecule has 1 atom stereocenters. The van der Waals surface area contributed by atoms with Crippen LogP contribution in [0.4, 0.5) is 4.39 Å². The molecule has 2 rings (SSSR count). The Morgan fingerprint density at radius 2 is 1.85 bits per heavy atom. The van der Waals surface area contributed by atoms with Crippen LogP contribution in [-0.2, 0) is 12.8 Å². The second-order valence-electron chi connectivity index (χ2n) is 4.86. The third-order valence-electron chi connectivity index (χ3n) is 3.65. The quantitative estimate of drug-likeness (QED) is 0.856. The molecule has 3 heteroatoms. The second-order valence-corrected chi connectivity index (χ2v) is 5.72. The van der Waals surface area contributed by atoms with Gasteiger partial charge in [-0.15, -0.1) is 0 Å². The Morgan fingerprint density at radius 3 is 2.50 bits per heavy atom. The highest BCUT2D eigenvalue weighted by molar-refractivity contribution is 9.10. The van der Waals surface area contributed by atoms with Gasteiger partial charge in [0.05, 0.1) is 10.5 Å². The summed E-state index contributed by atoms with van der Waals surface area (Å²) in [4.78, 5) is 0. The van der Waals surface area contributed by atoms with E-state index >= 15 is 0 Å². The van der Waals surface area contributed by atoms with Crippen molar-refractivity contribution in [2.24, 2.45) is 5.73 Å². The zero-order valence-corrected chi connectivity index (χ0v) is 13.4. The van der Waals surface area contributed by atoms with Crippen LogP contribution >= 0.6 is 15.9 Å². The molecule has 2 aromatic carbocycles. The molecule has 0 amide bonds. The first-order chi connectivity index (χ1) is 9.58. The van der Waals surface area contributed by atoms with Gasteiger partial charge in [-0.25, -0.2) is 4.39 Å². The van der Waals surface area contributed by atoms with Gasteiger partial charge in [-0.2, -0.15) is 0 Å². The van der Waals surface area contributed by atoms with Crippen molar-refractivity contribution < 1.29 is 4.39 Å². The van der Waals surface area contributed by atoms with E-state index < -0.39 is 6.04 Å². The molecular weight excluding hydrogens is 317 g/mol. The van der Waals surface area contributed by atoms with Crippen molar-refractivity contribution in [2.45, 2.75) is 32.7 Å². The summed E-state index contributed by atoms with van der Waals surface area (Å²) in [6, 6.07) is 11.1. The third-order valence-corrected chi connectivity index (χ3v) is 4.26. The molecule has 106 valence electrons. The molecule has 0 fully saturated rings. The van der Waals surface area contributed by atoms with Crippen molar-refractivity contribution in [1.29, 1.82) is 0 Å². The van der Waals surface area contributed by atoms with E-state index in [0.717, 1.165) is 18.4 Å². The molecule has 0 heterocycles. The molecule has 1 unspecified atom stereocenters. The van der Waals surface area contributed by atoms with Crippen molar-refractivity contribution in [3.63, 3.8) is 0 Å². The van der Waals surface area contributed by atoms with Crippen molar-refractivity contribution in [1.82, 2.24) is 0 Å². The van der Waals surface area contributed by atoms with E-state index in [1.807, 2.05) is 6.07 Å². The lowest BCUT2D eigenvalue weighted by molar-refractivity contribution is 0.592. The average molecular weight is 336 g/mol. The lowest BCUT2D eigenvalue weighted by Gasteiger charge is -2.18. The molecule has 2 N–H and O–H groups in total. The van der Waals surface area contributed by atoms with Gasteiger partial charge in [-0.05, 0) is 51.5 Å². The number of hydrogen-bond acceptors (Lipinski definition) is 1. The van der Waals surface area contributed by atoms with E-state index in [2.05, 4.69) is 48.0 Å². The summed E-state index contributed by atoms with van der Waals surface area (Å²) in [6.07, 6.45) is 1.84. The number of hydrogen-bond donors (Lipinski definition) is 1. The molecule has 1 nitrogen and oxygen atoms in total. The number of nitrogens with two attached hydrogens (primary N) is 1. The van der Waals surface area contributed by atoms with Crippen LogP contribution in [0.5, 0.6) is 0 Å². The monoisotopic (exact) mass is 335 g/mol. The van der Waals surface area contributed by atoms with Gasteiger partial charge in [0.1, 0.15) is 5.82 Å². The molecule has 0 spiro atoms. The van der Waals surface area contributed by atoms with Crippen LogP contribution in [0.3, 0.4) is 0 Å². The lowest BCUT2D eigenvalue weighted by atomic mass is 9.91. The highest BCUT2D eigenvalue weighted by atomic mass is 79.9. The van der Waals surface area contributed by atoms with E-state index in [4.69, 9.17) is 5.73 Å². The SMILES string of the molecule is CCc1ccc(CC)c(C(N)c2cccc(Br)c2F)c1. The van der Waals surface area contributed by atoms with Crippen molar-refractivity contribution >= 4 is 15.9 Å². The van der Waals surface area contributed by atoms with Crippen LogP contribution in [0.15, 0.2) is 40.9 Å². The molecular formula is C17H19BrFN. The zero-order chi connectivity index (χ0) is 14.7. The van der Waals surface area contributed by atoms with Gasteiger partial charge in [0, 0.05) is 5.56 Å². The number of rotatable bonds is 4. The van der Waals surface area contributed by atoms with Gasteiger partial charge >= 0.3 is 0 Å². The van der Waals surface area contributed by atoms with Gasteiger partial charge in [0.15, 0.2) is 0 Å². The molecule has 0 saturated carbocycles. The molecule has 0 saturated heterocycles. The standard InChI is InChI=1S/C17H19BrFN/c1-3-11-8-9-12(4-2)14(10-11)17(20)13-6-5-7-15(18)16(13)19/h5-10,17H,3-4,20H2,1-2H3. The minimum absolute atomic E-state index is 0.274. The minimum Gasteiger partial charge on any atom is -0.320 e. The third kappa shape index (κ3) is 2.94. The fraction of sp³-hybridized carbons (Fsp3) is 0.294. The van der Waals surface area contributed by atoms with Crippen molar-refractivity contribution in [2.75, 3.05) is 0 Å². The Balaban J connectivity index is 2.51. The van der Waals surface area contributed by atoms with Crippen LogP contribution in [0.2, 0.25) is 0 Å². The molecule has 0 aliphatic heterocycles. The number of benzene rings is 2. The van der Waals surface area contributed by atoms with Gasteiger partial charge in [-0.3, -0.25) is 0 Å². The topological polar surface area (TPSA) is 26.0 Å². The van der Waals surface area contributed by atoms with Gasteiger partial charge in [0.2, 0.25) is 0 Å². The molecule has 0 aliphatic carbocycles. The Labute approximate surface area is 128 Å². The smallest absolute Gasteiger partial charge is 0.142 e. The first-order valence-electron chi connectivity index (χ1n) is 6.89. The van der Waals surface area contributed by atoms with E-state index in [1.165, 1.54) is 11.1 Å². The largest absolute Gasteiger partial charge is 0.320 e. The first-order valence-corrected chi connectivity index (χ1v) is 7.69. The summed E-state index contributed by atoms with van der Waals surface area (Å²) in [7, 11) is 0. The van der Waals surface area contributed by atoms with E-state index in [1.54, 1.807) is 12.1 Å². The van der Waals surface area contributed by atoms with Crippen LogP contribution < -0.4 is 5.73 Å².